The molecule has 2 saturated heterocycles. The van der Waals surface area contributed by atoms with Gasteiger partial charge in [0.2, 0.25) is 0 Å². The number of ether oxygens (including phenoxy) is 2. The average Bonchev–Trinajstić information content (AvgIpc) is 2.60. The van der Waals surface area contributed by atoms with Crippen LogP contribution in [-0.4, -0.2) is 24.8 Å². The standard InChI is InChI=1S/C8H8O3/c9-8-7-4(3-10-8)5-1-2-6(7)11-5/h1-2,4-7H,3H2/t4-,5-,6+,7-/m1/s1. The highest BCUT2D eigenvalue weighted by Crippen LogP contribution is 2.42. The minimum Gasteiger partial charge on any atom is -0.465 e. The number of carbonyl (C=O) groups is 1. The number of cyclic esters (lactones) is 1. The predicted octanol–water partition coefficient (Wildman–Crippen LogP) is 0.113. The predicted molar refractivity (Wildman–Crippen MR) is 35.7 cm³/mol. The zero-order valence-corrected chi connectivity index (χ0v) is 5.90. The first-order chi connectivity index (χ1) is 5.36. The van der Waals surface area contributed by atoms with Gasteiger partial charge in [0, 0.05) is 5.92 Å². The highest BCUT2D eigenvalue weighted by molar-refractivity contribution is 5.77. The summed E-state index contributed by atoms with van der Waals surface area (Å²) in [7, 11) is 0. The maximum atomic E-state index is 11.1. The van der Waals surface area contributed by atoms with E-state index in [1.807, 2.05) is 12.2 Å². The van der Waals surface area contributed by atoms with Crippen LogP contribution in [0.3, 0.4) is 0 Å². The van der Waals surface area contributed by atoms with Gasteiger partial charge < -0.3 is 9.47 Å². The van der Waals surface area contributed by atoms with E-state index < -0.39 is 0 Å². The Hall–Kier alpha value is -0.830. The van der Waals surface area contributed by atoms with Gasteiger partial charge in [-0.15, -0.1) is 0 Å². The van der Waals surface area contributed by atoms with E-state index in [9.17, 15) is 4.79 Å². The van der Waals surface area contributed by atoms with Crippen LogP contribution in [0, 0.1) is 11.8 Å². The smallest absolute Gasteiger partial charge is 0.312 e. The van der Waals surface area contributed by atoms with Crippen LogP contribution in [0.1, 0.15) is 0 Å². The van der Waals surface area contributed by atoms with Crippen LogP contribution in [0.15, 0.2) is 12.2 Å². The van der Waals surface area contributed by atoms with Crippen LogP contribution in [0.25, 0.3) is 0 Å². The first-order valence-corrected chi connectivity index (χ1v) is 3.87. The molecule has 3 heteroatoms. The number of carbonyl (C=O) groups excluding carboxylic acids is 1. The Morgan fingerprint density at radius 1 is 1.36 bits per heavy atom. The molecule has 0 aromatic carbocycles. The maximum Gasteiger partial charge on any atom is 0.312 e. The van der Waals surface area contributed by atoms with E-state index in [1.54, 1.807) is 0 Å². The van der Waals surface area contributed by atoms with Gasteiger partial charge in [-0.1, -0.05) is 12.2 Å². The summed E-state index contributed by atoms with van der Waals surface area (Å²) in [6.45, 7) is 0.551. The third-order valence-electron chi connectivity index (χ3n) is 2.73. The lowest BCUT2D eigenvalue weighted by Gasteiger charge is -2.09. The van der Waals surface area contributed by atoms with Gasteiger partial charge in [0.1, 0.15) is 0 Å². The molecular weight excluding hydrogens is 144 g/mol. The van der Waals surface area contributed by atoms with Crippen molar-refractivity contribution in [2.24, 2.45) is 11.8 Å². The molecule has 2 fully saturated rings. The second-order valence-electron chi connectivity index (χ2n) is 3.27. The fraction of sp³-hybridized carbons (Fsp3) is 0.625. The quantitative estimate of drug-likeness (QED) is 0.365. The maximum absolute atomic E-state index is 11.1. The Morgan fingerprint density at radius 2 is 2.18 bits per heavy atom. The average molecular weight is 152 g/mol. The molecule has 3 aliphatic heterocycles. The summed E-state index contributed by atoms with van der Waals surface area (Å²) in [5, 5.41) is 0. The van der Waals surface area contributed by atoms with Crippen molar-refractivity contribution in [1.29, 1.82) is 0 Å². The summed E-state index contributed by atoms with van der Waals surface area (Å²) in [4.78, 5) is 11.1. The van der Waals surface area contributed by atoms with E-state index in [0.717, 1.165) is 0 Å². The molecule has 0 aromatic heterocycles. The van der Waals surface area contributed by atoms with Crippen molar-refractivity contribution in [3.63, 3.8) is 0 Å². The second kappa shape index (κ2) is 1.67. The minimum absolute atomic E-state index is 0.00463. The largest absolute Gasteiger partial charge is 0.465 e. The van der Waals surface area contributed by atoms with E-state index in [0.29, 0.717) is 12.5 Å². The number of hydrogen-bond acceptors (Lipinski definition) is 3. The lowest BCUT2D eigenvalue weighted by atomic mass is 9.86. The molecular formula is C8H8O3. The Kier molecular flexibility index (Phi) is 0.874. The van der Waals surface area contributed by atoms with Gasteiger partial charge in [0.25, 0.3) is 0 Å². The zero-order valence-electron chi connectivity index (χ0n) is 5.90. The van der Waals surface area contributed by atoms with Crippen LogP contribution in [-0.2, 0) is 14.3 Å². The molecule has 2 bridgehead atoms. The van der Waals surface area contributed by atoms with Crippen molar-refractivity contribution in [1.82, 2.24) is 0 Å². The summed E-state index contributed by atoms with van der Waals surface area (Å²) in [6.07, 6.45) is 4.17. The Labute approximate surface area is 64.0 Å². The van der Waals surface area contributed by atoms with Gasteiger partial charge in [-0.2, -0.15) is 0 Å². The number of fused-ring (bicyclic) bond motifs is 5. The van der Waals surface area contributed by atoms with Crippen molar-refractivity contribution >= 4 is 5.97 Å². The van der Waals surface area contributed by atoms with Crippen molar-refractivity contribution < 1.29 is 14.3 Å². The minimum atomic E-state index is -0.0770. The van der Waals surface area contributed by atoms with Crippen LogP contribution in [0.2, 0.25) is 0 Å². The van der Waals surface area contributed by atoms with Crippen molar-refractivity contribution in [3.8, 4) is 0 Å². The SMILES string of the molecule is O=C1OC[C@H]2[C@@H]1[C@@H]1C=C[C@H]2O1. The Bertz CT molecular complexity index is 246. The summed E-state index contributed by atoms with van der Waals surface area (Å²) >= 11 is 0. The molecule has 0 saturated carbocycles. The zero-order chi connectivity index (χ0) is 7.42. The summed E-state index contributed by atoms with van der Waals surface area (Å²) in [6, 6.07) is 0. The number of esters is 1. The molecule has 0 radical (unpaired) electrons. The molecule has 0 spiro atoms. The third-order valence-corrected chi connectivity index (χ3v) is 2.73. The fourth-order valence-corrected chi connectivity index (χ4v) is 2.17. The molecule has 0 N–H and O–H groups in total. The molecule has 3 nitrogen and oxygen atoms in total. The monoisotopic (exact) mass is 152 g/mol. The Balaban J connectivity index is 2.03. The normalized spacial score (nSPS) is 51.5. The lowest BCUT2D eigenvalue weighted by Crippen LogP contribution is -2.24. The first kappa shape index (κ1) is 5.77. The van der Waals surface area contributed by atoms with E-state index in [-0.39, 0.29) is 24.1 Å². The molecule has 0 aromatic rings. The lowest BCUT2D eigenvalue weighted by molar-refractivity contribution is -0.143. The van der Waals surface area contributed by atoms with E-state index >= 15 is 0 Å². The van der Waals surface area contributed by atoms with E-state index in [4.69, 9.17) is 9.47 Å². The summed E-state index contributed by atoms with van der Waals surface area (Å²) < 4.78 is 10.4. The molecule has 0 aliphatic carbocycles. The van der Waals surface area contributed by atoms with Gasteiger partial charge in [-0.3, -0.25) is 4.79 Å². The fourth-order valence-electron chi connectivity index (χ4n) is 2.17. The number of rotatable bonds is 0. The Morgan fingerprint density at radius 3 is 3.00 bits per heavy atom. The van der Waals surface area contributed by atoms with Gasteiger partial charge in [-0.05, 0) is 0 Å². The van der Waals surface area contributed by atoms with Gasteiger partial charge in [0.05, 0.1) is 24.7 Å². The van der Waals surface area contributed by atoms with Crippen molar-refractivity contribution in [2.45, 2.75) is 12.2 Å². The summed E-state index contributed by atoms with van der Waals surface area (Å²) in [5.74, 6) is 0.231. The third kappa shape index (κ3) is 0.554. The first-order valence-electron chi connectivity index (χ1n) is 3.87. The molecule has 11 heavy (non-hydrogen) atoms. The molecule has 3 heterocycles. The molecule has 58 valence electrons. The van der Waals surface area contributed by atoms with Crippen LogP contribution < -0.4 is 0 Å². The van der Waals surface area contributed by atoms with Crippen LogP contribution >= 0.6 is 0 Å². The number of hydrogen-bond donors (Lipinski definition) is 0. The topological polar surface area (TPSA) is 35.5 Å². The van der Waals surface area contributed by atoms with Gasteiger partial charge in [-0.25, -0.2) is 0 Å². The molecule has 0 unspecified atom stereocenters. The molecule has 3 rings (SSSR count). The summed E-state index contributed by atoms with van der Waals surface area (Å²) in [5.41, 5.74) is 0. The van der Waals surface area contributed by atoms with Crippen molar-refractivity contribution in [3.05, 3.63) is 12.2 Å². The van der Waals surface area contributed by atoms with E-state index in [2.05, 4.69) is 0 Å². The molecule has 3 aliphatic rings. The van der Waals surface area contributed by atoms with Gasteiger partial charge in [0.15, 0.2) is 0 Å². The van der Waals surface area contributed by atoms with Gasteiger partial charge >= 0.3 is 5.97 Å². The molecule has 0 amide bonds. The molecule has 4 atom stereocenters. The highest BCUT2D eigenvalue weighted by atomic mass is 16.6. The van der Waals surface area contributed by atoms with Crippen LogP contribution in [0.4, 0.5) is 0 Å². The van der Waals surface area contributed by atoms with Crippen LogP contribution in [0.5, 0.6) is 0 Å². The second-order valence-corrected chi connectivity index (χ2v) is 3.27. The highest BCUT2D eigenvalue weighted by Gasteiger charge is 2.54. The van der Waals surface area contributed by atoms with Crippen molar-refractivity contribution in [2.75, 3.05) is 6.61 Å². The van der Waals surface area contributed by atoms with E-state index in [1.165, 1.54) is 0 Å².